The maximum Gasteiger partial charge on any atom is 0.253 e. The van der Waals surface area contributed by atoms with Crippen LogP contribution in [-0.2, 0) is 11.3 Å². The predicted molar refractivity (Wildman–Crippen MR) is 124 cm³/mol. The lowest BCUT2D eigenvalue weighted by molar-refractivity contribution is -0.125. The third-order valence-corrected chi connectivity index (χ3v) is 5.99. The lowest BCUT2D eigenvalue weighted by atomic mass is 9.87. The second-order valence-corrected chi connectivity index (χ2v) is 7.98. The van der Waals surface area contributed by atoms with Gasteiger partial charge in [-0.05, 0) is 29.8 Å². The zero-order valence-electron chi connectivity index (χ0n) is 18.7. The van der Waals surface area contributed by atoms with E-state index in [4.69, 9.17) is 9.47 Å². The van der Waals surface area contributed by atoms with Gasteiger partial charge in [0.2, 0.25) is 5.91 Å². The fourth-order valence-electron chi connectivity index (χ4n) is 4.26. The number of nitrogens with one attached hydrogen (secondary N) is 1. The van der Waals surface area contributed by atoms with Crippen molar-refractivity contribution in [2.75, 3.05) is 27.3 Å². The van der Waals surface area contributed by atoms with Gasteiger partial charge in [-0.15, -0.1) is 0 Å². The second kappa shape index (κ2) is 10.2. The summed E-state index contributed by atoms with van der Waals surface area (Å²) in [7, 11) is 3.19. The quantitative estimate of drug-likeness (QED) is 0.604. The zero-order valence-corrected chi connectivity index (χ0v) is 18.7. The molecule has 0 saturated carbocycles. The Morgan fingerprint density at radius 3 is 2.55 bits per heavy atom. The Morgan fingerprint density at radius 1 is 1.03 bits per heavy atom. The van der Waals surface area contributed by atoms with Crippen molar-refractivity contribution in [3.63, 3.8) is 0 Å². The molecule has 2 atom stereocenters. The molecule has 2 heterocycles. The van der Waals surface area contributed by atoms with Crippen molar-refractivity contribution < 1.29 is 19.1 Å². The molecule has 33 heavy (non-hydrogen) atoms. The lowest BCUT2D eigenvalue weighted by Crippen LogP contribution is -2.35. The molecule has 7 nitrogen and oxygen atoms in total. The molecule has 1 saturated heterocycles. The lowest BCUT2D eigenvalue weighted by Gasteiger charge is -2.21. The Morgan fingerprint density at radius 2 is 1.85 bits per heavy atom. The number of benzene rings is 2. The van der Waals surface area contributed by atoms with Gasteiger partial charge < -0.3 is 19.7 Å². The summed E-state index contributed by atoms with van der Waals surface area (Å²) in [6.07, 6.45) is 3.42. The first-order chi connectivity index (χ1) is 16.1. The normalized spacial score (nSPS) is 17.5. The maximum atomic E-state index is 13.3. The molecule has 1 aliphatic rings. The van der Waals surface area contributed by atoms with Crippen LogP contribution in [0.3, 0.4) is 0 Å². The van der Waals surface area contributed by atoms with Gasteiger partial charge in [0.05, 0.1) is 20.1 Å². The molecule has 1 aromatic heterocycles. The first kappa shape index (κ1) is 22.3. The van der Waals surface area contributed by atoms with Crippen LogP contribution in [0.25, 0.3) is 0 Å². The van der Waals surface area contributed by atoms with Crippen molar-refractivity contribution in [1.29, 1.82) is 0 Å². The van der Waals surface area contributed by atoms with Gasteiger partial charge in [-0.1, -0.05) is 30.3 Å². The molecular formula is C26H27N3O4. The van der Waals surface area contributed by atoms with E-state index in [1.165, 1.54) is 0 Å². The van der Waals surface area contributed by atoms with Crippen LogP contribution in [0.5, 0.6) is 11.5 Å². The average molecular weight is 446 g/mol. The number of hydrogen-bond donors (Lipinski definition) is 1. The van der Waals surface area contributed by atoms with Gasteiger partial charge in [-0.2, -0.15) is 0 Å². The molecule has 2 amide bonds. The van der Waals surface area contributed by atoms with Crippen molar-refractivity contribution in [2.24, 2.45) is 5.92 Å². The summed E-state index contributed by atoms with van der Waals surface area (Å²) in [5.74, 6) is 0.478. The smallest absolute Gasteiger partial charge is 0.253 e. The number of aromatic nitrogens is 1. The Hall–Kier alpha value is -3.87. The number of hydrogen-bond acceptors (Lipinski definition) is 5. The molecule has 1 aliphatic heterocycles. The highest BCUT2D eigenvalue weighted by Gasteiger charge is 2.41. The molecule has 4 rings (SSSR count). The monoisotopic (exact) mass is 445 g/mol. The van der Waals surface area contributed by atoms with Gasteiger partial charge in [0, 0.05) is 55.1 Å². The average Bonchev–Trinajstić information content (AvgIpc) is 3.33. The number of pyridine rings is 1. The molecule has 1 fully saturated rings. The van der Waals surface area contributed by atoms with E-state index < -0.39 is 5.92 Å². The third-order valence-electron chi connectivity index (χ3n) is 5.99. The highest BCUT2D eigenvalue weighted by Crippen LogP contribution is 2.39. The first-order valence-corrected chi connectivity index (χ1v) is 10.8. The van der Waals surface area contributed by atoms with Crippen LogP contribution >= 0.6 is 0 Å². The van der Waals surface area contributed by atoms with Gasteiger partial charge in [0.15, 0.2) is 0 Å². The number of amides is 2. The number of nitrogens with zero attached hydrogens (tertiary/aromatic N) is 2. The van der Waals surface area contributed by atoms with Gasteiger partial charge in [0.1, 0.15) is 11.5 Å². The van der Waals surface area contributed by atoms with Crippen molar-refractivity contribution in [2.45, 2.75) is 12.5 Å². The summed E-state index contributed by atoms with van der Waals surface area (Å²) in [6, 6.07) is 18.5. The highest BCUT2D eigenvalue weighted by molar-refractivity contribution is 5.95. The van der Waals surface area contributed by atoms with E-state index in [0.29, 0.717) is 36.7 Å². The molecule has 170 valence electrons. The number of carbonyl (C=O) groups is 2. The number of methoxy groups -OCH3 is 2. The predicted octanol–water partition coefficient (Wildman–Crippen LogP) is 3.27. The summed E-state index contributed by atoms with van der Waals surface area (Å²) in [5.41, 5.74) is 2.40. The van der Waals surface area contributed by atoms with E-state index in [-0.39, 0.29) is 17.7 Å². The van der Waals surface area contributed by atoms with Crippen molar-refractivity contribution in [3.05, 3.63) is 89.7 Å². The Kier molecular flexibility index (Phi) is 6.88. The van der Waals surface area contributed by atoms with Crippen molar-refractivity contribution >= 4 is 11.8 Å². The minimum atomic E-state index is -0.420. The topological polar surface area (TPSA) is 80.8 Å². The minimum absolute atomic E-state index is 0.0874. The van der Waals surface area contributed by atoms with Gasteiger partial charge in [-0.3, -0.25) is 14.6 Å². The SMILES string of the molecule is COc1ccc(C2CN(C(=O)c3ccccc3)CC2C(=O)NCc2cccnc2)c(OC)c1. The summed E-state index contributed by atoms with van der Waals surface area (Å²) in [4.78, 5) is 32.3. The summed E-state index contributed by atoms with van der Waals surface area (Å²) in [5, 5.41) is 3.02. The number of likely N-dealkylation sites (tertiary alicyclic amines) is 1. The molecule has 0 spiro atoms. The van der Waals surface area contributed by atoms with Crippen LogP contribution in [0.15, 0.2) is 73.1 Å². The van der Waals surface area contributed by atoms with Crippen LogP contribution in [-0.4, -0.2) is 49.0 Å². The Labute approximate surface area is 193 Å². The number of rotatable bonds is 7. The van der Waals surface area contributed by atoms with Crippen molar-refractivity contribution in [3.8, 4) is 11.5 Å². The van der Waals surface area contributed by atoms with Crippen LogP contribution in [0.1, 0.15) is 27.4 Å². The first-order valence-electron chi connectivity index (χ1n) is 10.8. The maximum absolute atomic E-state index is 13.3. The van der Waals surface area contributed by atoms with E-state index in [0.717, 1.165) is 11.1 Å². The number of carbonyl (C=O) groups excluding carboxylic acids is 2. The molecule has 2 unspecified atom stereocenters. The van der Waals surface area contributed by atoms with Crippen LogP contribution in [0.2, 0.25) is 0 Å². The summed E-state index contributed by atoms with van der Waals surface area (Å²) < 4.78 is 10.9. The largest absolute Gasteiger partial charge is 0.497 e. The van der Waals surface area contributed by atoms with E-state index in [1.807, 2.05) is 48.5 Å². The highest BCUT2D eigenvalue weighted by atomic mass is 16.5. The van der Waals surface area contributed by atoms with E-state index >= 15 is 0 Å². The molecule has 2 aromatic carbocycles. The summed E-state index contributed by atoms with van der Waals surface area (Å²) >= 11 is 0. The third kappa shape index (κ3) is 4.98. The van der Waals surface area contributed by atoms with Gasteiger partial charge in [0.25, 0.3) is 5.91 Å². The standard InChI is InChI=1S/C26H27N3O4/c1-32-20-10-11-21(24(13-20)33-2)22-16-29(26(31)19-8-4-3-5-9-19)17-23(22)25(30)28-15-18-7-6-12-27-14-18/h3-14,22-23H,15-17H2,1-2H3,(H,28,30). The van der Waals surface area contributed by atoms with Gasteiger partial charge >= 0.3 is 0 Å². The molecular weight excluding hydrogens is 418 g/mol. The summed E-state index contributed by atoms with van der Waals surface area (Å²) in [6.45, 7) is 1.12. The second-order valence-electron chi connectivity index (χ2n) is 7.98. The Bertz CT molecular complexity index is 1110. The fourth-order valence-corrected chi connectivity index (χ4v) is 4.26. The van der Waals surface area contributed by atoms with E-state index in [2.05, 4.69) is 10.3 Å². The fraction of sp³-hybridized carbons (Fsp3) is 0.269. The van der Waals surface area contributed by atoms with Crippen LogP contribution < -0.4 is 14.8 Å². The molecule has 7 heteroatoms. The molecule has 0 radical (unpaired) electrons. The van der Waals surface area contributed by atoms with E-state index in [1.54, 1.807) is 43.6 Å². The van der Waals surface area contributed by atoms with Gasteiger partial charge in [-0.25, -0.2) is 0 Å². The van der Waals surface area contributed by atoms with E-state index in [9.17, 15) is 9.59 Å². The zero-order chi connectivity index (χ0) is 23.2. The minimum Gasteiger partial charge on any atom is -0.497 e. The Balaban J connectivity index is 1.61. The molecule has 0 aliphatic carbocycles. The van der Waals surface area contributed by atoms with Crippen LogP contribution in [0, 0.1) is 5.92 Å². The number of ether oxygens (including phenoxy) is 2. The van der Waals surface area contributed by atoms with Crippen LogP contribution in [0.4, 0.5) is 0 Å². The molecule has 3 aromatic rings. The molecule has 0 bridgehead atoms. The molecule has 1 N–H and O–H groups in total. The van der Waals surface area contributed by atoms with Crippen molar-refractivity contribution in [1.82, 2.24) is 15.2 Å².